The monoisotopic (exact) mass is 551 g/mol. The molecule has 1 unspecified atom stereocenters. The summed E-state index contributed by atoms with van der Waals surface area (Å²) in [6.07, 6.45) is 23.2. The quantitative estimate of drug-likeness (QED) is 0.195. The lowest BCUT2D eigenvalue weighted by Crippen LogP contribution is -2.39. The molecule has 0 aromatic carbocycles. The van der Waals surface area contributed by atoms with Gasteiger partial charge >= 0.3 is 5.69 Å². The normalized spacial score (nSPS) is 12.2. The third-order valence-corrected chi connectivity index (χ3v) is 7.71. The summed E-state index contributed by atoms with van der Waals surface area (Å²) in [6, 6.07) is 0. The molecule has 0 fully saturated rings. The van der Waals surface area contributed by atoms with Gasteiger partial charge in [-0.3, -0.25) is 13.9 Å². The Bertz CT molecular complexity index is 1010. The second-order valence-corrected chi connectivity index (χ2v) is 11.1. The summed E-state index contributed by atoms with van der Waals surface area (Å²) < 4.78 is 4.48. The van der Waals surface area contributed by atoms with Crippen LogP contribution in [0.2, 0.25) is 0 Å². The number of rotatable bonds is 23. The zero-order valence-corrected chi connectivity index (χ0v) is 25.1. The van der Waals surface area contributed by atoms with Crippen molar-refractivity contribution < 1.29 is 10.6 Å². The van der Waals surface area contributed by atoms with Gasteiger partial charge in [0.2, 0.25) is 0 Å². The Morgan fingerprint density at radius 3 is 1.97 bits per heavy atom. The largest absolute Gasteiger partial charge is 0.412 e. The van der Waals surface area contributed by atoms with Crippen LogP contribution in [0.5, 0.6) is 0 Å². The van der Waals surface area contributed by atoms with Crippen molar-refractivity contribution in [3.63, 3.8) is 0 Å². The minimum atomic E-state index is -0.294. The summed E-state index contributed by atoms with van der Waals surface area (Å²) in [5, 5.41) is 13.6. The summed E-state index contributed by atoms with van der Waals surface area (Å²) in [4.78, 5) is 29.4. The van der Waals surface area contributed by atoms with Crippen molar-refractivity contribution in [3.05, 3.63) is 27.2 Å². The molecule has 0 radical (unpaired) electrons. The van der Waals surface area contributed by atoms with Crippen LogP contribution in [0.1, 0.15) is 122 Å². The number of nitrogens with one attached hydrogen (secondary N) is 1. The van der Waals surface area contributed by atoms with Crippen LogP contribution in [-0.4, -0.2) is 48.5 Å². The minimum Gasteiger partial charge on any atom is -0.412 e. The molecule has 0 bridgehead atoms. The lowest BCUT2D eigenvalue weighted by molar-refractivity contribution is 0.158. The van der Waals surface area contributed by atoms with E-state index in [0.717, 1.165) is 51.5 Å². The van der Waals surface area contributed by atoms with Crippen LogP contribution in [0.3, 0.4) is 0 Å². The van der Waals surface area contributed by atoms with Gasteiger partial charge < -0.3 is 20.5 Å². The highest BCUT2D eigenvalue weighted by Crippen LogP contribution is 2.12. The maximum atomic E-state index is 12.7. The van der Waals surface area contributed by atoms with Gasteiger partial charge in [-0.2, -0.15) is 0 Å². The molecule has 0 saturated heterocycles. The lowest BCUT2D eigenvalue weighted by atomic mass is 10.1. The predicted octanol–water partition coefficient (Wildman–Crippen LogP) is 4.60. The number of imidazole rings is 1. The number of fused-ring (bicyclic) bond motifs is 1. The van der Waals surface area contributed by atoms with E-state index < -0.39 is 0 Å². The molecule has 0 amide bonds. The van der Waals surface area contributed by atoms with Gasteiger partial charge in [0.25, 0.3) is 5.56 Å². The summed E-state index contributed by atoms with van der Waals surface area (Å²) >= 11 is 0. The van der Waals surface area contributed by atoms with Crippen molar-refractivity contribution in [1.29, 1.82) is 0 Å². The van der Waals surface area contributed by atoms with Gasteiger partial charge in [-0.25, -0.2) is 9.78 Å². The van der Waals surface area contributed by atoms with Gasteiger partial charge in [-0.1, -0.05) is 103 Å². The molecule has 2 aromatic rings. The van der Waals surface area contributed by atoms with E-state index in [-0.39, 0.29) is 22.8 Å². The molecule has 2 rings (SSSR count). The van der Waals surface area contributed by atoms with E-state index in [1.54, 1.807) is 25.0 Å². The molecule has 39 heavy (non-hydrogen) atoms. The van der Waals surface area contributed by atoms with E-state index in [1.807, 2.05) is 0 Å². The minimum absolute atomic E-state index is 0. The molecule has 9 nitrogen and oxygen atoms in total. The Morgan fingerprint density at radius 2 is 1.36 bits per heavy atom. The number of aryl methyl sites for hydroxylation is 2. The van der Waals surface area contributed by atoms with Crippen molar-refractivity contribution in [3.8, 4) is 0 Å². The van der Waals surface area contributed by atoms with Crippen molar-refractivity contribution >= 4 is 11.2 Å². The molecule has 2 aromatic heterocycles. The van der Waals surface area contributed by atoms with Crippen LogP contribution in [0.25, 0.3) is 11.2 Å². The van der Waals surface area contributed by atoms with Gasteiger partial charge in [0.15, 0.2) is 11.2 Å². The molecule has 4 N–H and O–H groups in total. The molecule has 2 heterocycles. The van der Waals surface area contributed by atoms with Crippen molar-refractivity contribution in [2.45, 2.75) is 135 Å². The Hall–Kier alpha value is -1.97. The molecule has 0 aliphatic heterocycles. The van der Waals surface area contributed by atoms with Gasteiger partial charge in [-0.15, -0.1) is 0 Å². The van der Waals surface area contributed by atoms with Gasteiger partial charge in [0, 0.05) is 27.2 Å². The number of hydrogen-bond acceptors (Lipinski definition) is 5. The highest BCUT2D eigenvalue weighted by Gasteiger charge is 2.14. The predicted molar refractivity (Wildman–Crippen MR) is 161 cm³/mol. The van der Waals surface area contributed by atoms with Crippen molar-refractivity contribution in [2.24, 2.45) is 14.1 Å². The summed E-state index contributed by atoms with van der Waals surface area (Å²) in [5.74, 6) is 0. The first-order chi connectivity index (χ1) is 18.5. The van der Waals surface area contributed by atoms with Gasteiger partial charge in [0.1, 0.15) is 0 Å². The smallest absolute Gasteiger partial charge is 0.332 e. The van der Waals surface area contributed by atoms with Gasteiger partial charge in [0.05, 0.1) is 12.4 Å². The third-order valence-electron chi connectivity index (χ3n) is 7.71. The first-order valence-corrected chi connectivity index (χ1v) is 15.5. The third kappa shape index (κ3) is 12.8. The first kappa shape index (κ1) is 35.1. The first-order valence-electron chi connectivity index (χ1n) is 15.5. The van der Waals surface area contributed by atoms with Crippen molar-refractivity contribution in [2.75, 3.05) is 13.1 Å². The second kappa shape index (κ2) is 20.9. The van der Waals surface area contributed by atoms with Crippen LogP contribution in [0.4, 0.5) is 0 Å². The van der Waals surface area contributed by atoms with E-state index in [2.05, 4.69) is 17.2 Å². The molecule has 226 valence electrons. The zero-order valence-electron chi connectivity index (χ0n) is 25.1. The average molecular weight is 552 g/mol. The van der Waals surface area contributed by atoms with E-state index in [1.165, 1.54) is 79.8 Å². The molecular formula is C30H57N5O4. The lowest BCUT2D eigenvalue weighted by Gasteiger charge is -2.12. The number of aliphatic hydroxyl groups excluding tert-OH is 1. The van der Waals surface area contributed by atoms with Crippen LogP contribution < -0.4 is 16.6 Å². The summed E-state index contributed by atoms with van der Waals surface area (Å²) in [5.41, 5.74) is 0.370. The van der Waals surface area contributed by atoms with Gasteiger partial charge in [-0.05, 0) is 25.8 Å². The number of unbranched alkanes of at least 4 members (excludes halogenated alkanes) is 15. The van der Waals surface area contributed by atoms with E-state index in [9.17, 15) is 14.7 Å². The molecule has 0 spiro atoms. The Balaban J connectivity index is 0.00000760. The second-order valence-electron chi connectivity index (χ2n) is 11.1. The maximum absolute atomic E-state index is 12.7. The number of hydrogen-bond donors (Lipinski definition) is 2. The fraction of sp³-hybridized carbons (Fsp3) is 0.833. The molecule has 9 heteroatoms. The molecule has 0 saturated carbocycles. The zero-order chi connectivity index (χ0) is 27.6. The van der Waals surface area contributed by atoms with Crippen molar-refractivity contribution in [1.82, 2.24) is 24.0 Å². The molecule has 1 atom stereocenters. The fourth-order valence-corrected chi connectivity index (χ4v) is 5.24. The highest BCUT2D eigenvalue weighted by molar-refractivity contribution is 5.69. The Labute approximate surface area is 235 Å². The van der Waals surface area contributed by atoms with Crippen LogP contribution in [-0.2, 0) is 20.6 Å². The molecule has 0 aliphatic carbocycles. The Morgan fingerprint density at radius 1 is 0.821 bits per heavy atom. The molecular weight excluding hydrogens is 494 g/mol. The molecule has 0 aliphatic rings. The van der Waals surface area contributed by atoms with E-state index in [4.69, 9.17) is 0 Å². The average Bonchev–Trinajstić information content (AvgIpc) is 3.30. The Kier molecular flexibility index (Phi) is 18.8. The SMILES string of the molecule is CCCCCCCCCCCCNCC(O)CCCCCCCCCn1c(=O)c2c(ncn2C)n(C)c1=O.O. The summed E-state index contributed by atoms with van der Waals surface area (Å²) in [7, 11) is 3.44. The van der Waals surface area contributed by atoms with E-state index in [0.29, 0.717) is 24.3 Å². The van der Waals surface area contributed by atoms with Crippen LogP contribution in [0, 0.1) is 0 Å². The topological polar surface area (TPSA) is 126 Å². The highest BCUT2D eigenvalue weighted by atomic mass is 16.3. The summed E-state index contributed by atoms with van der Waals surface area (Å²) in [6.45, 7) is 4.44. The van der Waals surface area contributed by atoms with E-state index >= 15 is 0 Å². The van der Waals surface area contributed by atoms with Crippen LogP contribution >= 0.6 is 0 Å². The standard InChI is InChI=1S/C30H55N5O3.H2O/c1-4-5-6-7-8-9-10-13-16-19-22-31-24-26(36)21-18-15-12-11-14-17-20-23-35-29(37)27-28(32-25-33(27)2)34(3)30(35)38;/h25-26,31,36H,4-24H2,1-3H3;1H2. The number of aliphatic hydroxyl groups is 1. The maximum Gasteiger partial charge on any atom is 0.332 e. The number of aromatic nitrogens is 4. The van der Waals surface area contributed by atoms with Crippen LogP contribution in [0.15, 0.2) is 15.9 Å². The number of nitrogens with zero attached hydrogens (tertiary/aromatic N) is 4. The fourth-order valence-electron chi connectivity index (χ4n) is 5.24.